The fourth-order valence-corrected chi connectivity index (χ4v) is 1.09. The van der Waals surface area contributed by atoms with Crippen LogP contribution in [0.1, 0.15) is 5.56 Å². The Kier molecular flexibility index (Phi) is 4.73. The standard InChI is InChI=1S/C10H13ClO3/c11-5-9(13)7-14-10-4-2-1-3-8(10)6-12/h1-4,9,12-13H,5-7H2. The highest BCUT2D eigenvalue weighted by molar-refractivity contribution is 6.18. The molecular formula is C10H13ClO3. The molecule has 14 heavy (non-hydrogen) atoms. The van der Waals surface area contributed by atoms with Crippen molar-refractivity contribution in [3.63, 3.8) is 0 Å². The third-order valence-electron chi connectivity index (χ3n) is 1.75. The fourth-order valence-electron chi connectivity index (χ4n) is 1.01. The van der Waals surface area contributed by atoms with Gasteiger partial charge in [0.2, 0.25) is 0 Å². The van der Waals surface area contributed by atoms with E-state index in [1.165, 1.54) is 0 Å². The van der Waals surface area contributed by atoms with Crippen LogP contribution >= 0.6 is 11.6 Å². The highest BCUT2D eigenvalue weighted by atomic mass is 35.5. The zero-order valence-corrected chi connectivity index (χ0v) is 8.44. The largest absolute Gasteiger partial charge is 0.490 e. The summed E-state index contributed by atoms with van der Waals surface area (Å²) in [4.78, 5) is 0. The summed E-state index contributed by atoms with van der Waals surface area (Å²) < 4.78 is 5.29. The first-order chi connectivity index (χ1) is 6.77. The first kappa shape index (κ1) is 11.3. The van der Waals surface area contributed by atoms with Crippen molar-refractivity contribution in [2.24, 2.45) is 0 Å². The van der Waals surface area contributed by atoms with Gasteiger partial charge in [-0.25, -0.2) is 0 Å². The first-order valence-corrected chi connectivity index (χ1v) is 4.87. The molecule has 0 aliphatic heterocycles. The fraction of sp³-hybridized carbons (Fsp3) is 0.400. The quantitative estimate of drug-likeness (QED) is 0.727. The van der Waals surface area contributed by atoms with Crippen LogP contribution in [0.5, 0.6) is 5.75 Å². The van der Waals surface area contributed by atoms with Gasteiger partial charge in [-0.2, -0.15) is 0 Å². The Bertz CT molecular complexity index is 278. The van der Waals surface area contributed by atoms with Gasteiger partial charge in [0.25, 0.3) is 0 Å². The van der Waals surface area contributed by atoms with Crippen molar-refractivity contribution in [2.45, 2.75) is 12.7 Å². The average Bonchev–Trinajstić information content (AvgIpc) is 2.26. The van der Waals surface area contributed by atoms with Crippen LogP contribution in [0.4, 0.5) is 0 Å². The van der Waals surface area contributed by atoms with Gasteiger partial charge in [0.1, 0.15) is 18.5 Å². The van der Waals surface area contributed by atoms with Gasteiger partial charge in [-0.15, -0.1) is 11.6 Å². The number of aliphatic hydroxyl groups excluding tert-OH is 2. The molecule has 3 nitrogen and oxygen atoms in total. The number of halogens is 1. The van der Waals surface area contributed by atoms with Gasteiger partial charge < -0.3 is 14.9 Å². The third-order valence-corrected chi connectivity index (χ3v) is 2.11. The molecule has 1 rings (SSSR count). The number of hydrogen-bond acceptors (Lipinski definition) is 3. The van der Waals surface area contributed by atoms with Crippen LogP contribution in [-0.4, -0.2) is 28.8 Å². The van der Waals surface area contributed by atoms with Crippen LogP contribution in [0, 0.1) is 0 Å². The smallest absolute Gasteiger partial charge is 0.124 e. The van der Waals surface area contributed by atoms with E-state index < -0.39 is 6.10 Å². The number of hydrogen-bond donors (Lipinski definition) is 2. The lowest BCUT2D eigenvalue weighted by molar-refractivity contribution is 0.123. The molecule has 0 fully saturated rings. The molecule has 0 bridgehead atoms. The monoisotopic (exact) mass is 216 g/mol. The number of rotatable bonds is 5. The number of benzene rings is 1. The van der Waals surface area contributed by atoms with E-state index in [2.05, 4.69) is 0 Å². The normalized spacial score (nSPS) is 12.5. The van der Waals surface area contributed by atoms with E-state index >= 15 is 0 Å². The molecule has 0 saturated heterocycles. The maximum absolute atomic E-state index is 9.16. The van der Waals surface area contributed by atoms with Crippen molar-refractivity contribution >= 4 is 11.6 Å². The van der Waals surface area contributed by atoms with Crippen molar-refractivity contribution in [1.82, 2.24) is 0 Å². The predicted octanol–water partition coefficient (Wildman–Crippen LogP) is 1.16. The molecule has 4 heteroatoms. The minimum absolute atomic E-state index is 0.0762. The molecule has 0 amide bonds. The number of para-hydroxylation sites is 1. The molecule has 0 aliphatic carbocycles. The Labute approximate surface area is 87.9 Å². The molecule has 0 spiro atoms. The van der Waals surface area contributed by atoms with Gasteiger partial charge in [-0.3, -0.25) is 0 Å². The van der Waals surface area contributed by atoms with Gasteiger partial charge in [0.05, 0.1) is 12.5 Å². The van der Waals surface area contributed by atoms with E-state index in [4.69, 9.17) is 26.6 Å². The number of aliphatic hydroxyl groups is 2. The van der Waals surface area contributed by atoms with Crippen LogP contribution in [0.3, 0.4) is 0 Å². The summed E-state index contributed by atoms with van der Waals surface area (Å²) in [6, 6.07) is 7.13. The second kappa shape index (κ2) is 5.86. The summed E-state index contributed by atoms with van der Waals surface area (Å²) in [6.45, 7) is 0.0632. The molecule has 0 aromatic heterocycles. The summed E-state index contributed by atoms with van der Waals surface area (Å²) >= 11 is 5.41. The van der Waals surface area contributed by atoms with Crippen molar-refractivity contribution in [2.75, 3.05) is 12.5 Å². The Balaban J connectivity index is 2.57. The lowest BCUT2D eigenvalue weighted by atomic mass is 10.2. The number of alkyl halides is 1. The average molecular weight is 217 g/mol. The molecule has 0 heterocycles. The molecule has 2 N–H and O–H groups in total. The van der Waals surface area contributed by atoms with E-state index in [1.807, 2.05) is 12.1 Å². The highest BCUT2D eigenvalue weighted by Gasteiger charge is 2.05. The third kappa shape index (κ3) is 3.18. The van der Waals surface area contributed by atoms with Crippen molar-refractivity contribution in [1.29, 1.82) is 0 Å². The summed E-state index contributed by atoms with van der Waals surface area (Å²) in [6.07, 6.45) is -0.677. The Hall–Kier alpha value is -0.770. The minimum Gasteiger partial charge on any atom is -0.490 e. The zero-order valence-electron chi connectivity index (χ0n) is 7.69. The second-order valence-electron chi connectivity index (χ2n) is 2.88. The van der Waals surface area contributed by atoms with Crippen LogP contribution < -0.4 is 4.74 Å². The molecule has 0 radical (unpaired) electrons. The lowest BCUT2D eigenvalue weighted by Gasteiger charge is -2.11. The maximum atomic E-state index is 9.16. The molecule has 78 valence electrons. The van der Waals surface area contributed by atoms with Gasteiger partial charge >= 0.3 is 0 Å². The summed E-state index contributed by atoms with van der Waals surface area (Å²) in [5, 5.41) is 18.1. The van der Waals surface area contributed by atoms with E-state index in [1.54, 1.807) is 12.1 Å². The van der Waals surface area contributed by atoms with Crippen LogP contribution in [0.25, 0.3) is 0 Å². The Morgan fingerprint density at radius 1 is 1.36 bits per heavy atom. The van der Waals surface area contributed by atoms with E-state index in [0.717, 1.165) is 0 Å². The van der Waals surface area contributed by atoms with E-state index in [9.17, 15) is 0 Å². The summed E-state index contributed by atoms with van der Waals surface area (Å²) in [5.41, 5.74) is 0.703. The summed E-state index contributed by atoms with van der Waals surface area (Å²) in [5.74, 6) is 0.723. The van der Waals surface area contributed by atoms with Crippen LogP contribution in [-0.2, 0) is 6.61 Å². The lowest BCUT2D eigenvalue weighted by Crippen LogP contribution is -2.19. The minimum atomic E-state index is -0.677. The molecule has 0 saturated carbocycles. The molecule has 1 atom stereocenters. The second-order valence-corrected chi connectivity index (χ2v) is 3.19. The van der Waals surface area contributed by atoms with Gasteiger partial charge in [-0.05, 0) is 6.07 Å². The van der Waals surface area contributed by atoms with Crippen molar-refractivity contribution < 1.29 is 14.9 Å². The summed E-state index contributed by atoms with van der Waals surface area (Å²) in [7, 11) is 0. The molecule has 1 aromatic rings. The Morgan fingerprint density at radius 3 is 2.71 bits per heavy atom. The Morgan fingerprint density at radius 2 is 2.07 bits per heavy atom. The van der Waals surface area contributed by atoms with Gasteiger partial charge in [0.15, 0.2) is 0 Å². The van der Waals surface area contributed by atoms with Gasteiger partial charge in [0, 0.05) is 5.56 Å². The molecule has 1 aromatic carbocycles. The van der Waals surface area contributed by atoms with Gasteiger partial charge in [-0.1, -0.05) is 18.2 Å². The topological polar surface area (TPSA) is 49.7 Å². The first-order valence-electron chi connectivity index (χ1n) is 4.33. The van der Waals surface area contributed by atoms with Crippen molar-refractivity contribution in [3.8, 4) is 5.75 Å². The van der Waals surface area contributed by atoms with Crippen LogP contribution in [0.15, 0.2) is 24.3 Å². The van der Waals surface area contributed by atoms with E-state index in [0.29, 0.717) is 11.3 Å². The zero-order chi connectivity index (χ0) is 10.4. The maximum Gasteiger partial charge on any atom is 0.124 e. The van der Waals surface area contributed by atoms with Crippen LogP contribution in [0.2, 0.25) is 0 Å². The highest BCUT2D eigenvalue weighted by Crippen LogP contribution is 2.17. The molecule has 1 unspecified atom stereocenters. The van der Waals surface area contributed by atoms with Crippen molar-refractivity contribution in [3.05, 3.63) is 29.8 Å². The molecular weight excluding hydrogens is 204 g/mol. The predicted molar refractivity (Wildman–Crippen MR) is 54.6 cm³/mol. The SMILES string of the molecule is OCc1ccccc1OCC(O)CCl. The van der Waals surface area contributed by atoms with E-state index in [-0.39, 0.29) is 19.1 Å². The molecule has 0 aliphatic rings. The number of ether oxygens (including phenoxy) is 1.